The summed E-state index contributed by atoms with van der Waals surface area (Å²) in [7, 11) is -4.19. The molecule has 0 aliphatic heterocycles. The van der Waals surface area contributed by atoms with Crippen LogP contribution in [0, 0.1) is 12.7 Å². The number of carbonyl (C=O) groups excluding carboxylic acids is 2. The SMILES string of the molecule is CCC(C)NC(=O)C(C)N(Cc1ccccc1F)C(=O)CN(c1ccc(Cl)cc1)S(=O)(=O)c1ccc(C)cc1. The first-order valence-electron chi connectivity index (χ1n) is 12.6. The van der Waals surface area contributed by atoms with E-state index in [1.54, 1.807) is 18.2 Å². The number of nitrogens with zero attached hydrogens (tertiary/aromatic N) is 2. The number of anilines is 1. The van der Waals surface area contributed by atoms with E-state index in [0.29, 0.717) is 11.4 Å². The van der Waals surface area contributed by atoms with Crippen molar-refractivity contribution in [1.82, 2.24) is 10.2 Å². The van der Waals surface area contributed by atoms with Crippen LogP contribution in [0.25, 0.3) is 0 Å². The molecule has 3 aromatic carbocycles. The van der Waals surface area contributed by atoms with Crippen molar-refractivity contribution in [2.75, 3.05) is 10.8 Å². The normalized spacial score (nSPS) is 12.9. The van der Waals surface area contributed by atoms with Gasteiger partial charge in [0.15, 0.2) is 0 Å². The van der Waals surface area contributed by atoms with Gasteiger partial charge in [0.2, 0.25) is 11.8 Å². The molecule has 0 saturated heterocycles. The maximum absolute atomic E-state index is 14.6. The predicted molar refractivity (Wildman–Crippen MR) is 151 cm³/mol. The van der Waals surface area contributed by atoms with E-state index in [1.807, 2.05) is 20.8 Å². The number of carbonyl (C=O) groups is 2. The third kappa shape index (κ3) is 7.58. The second kappa shape index (κ2) is 13.1. The molecule has 0 aliphatic rings. The number of benzene rings is 3. The van der Waals surface area contributed by atoms with Gasteiger partial charge in [-0.05, 0) is 69.7 Å². The van der Waals surface area contributed by atoms with Crippen LogP contribution < -0.4 is 9.62 Å². The summed E-state index contributed by atoms with van der Waals surface area (Å²) >= 11 is 6.03. The van der Waals surface area contributed by atoms with Crippen LogP contribution in [-0.4, -0.2) is 43.8 Å². The Balaban J connectivity index is 2.03. The minimum Gasteiger partial charge on any atom is -0.352 e. The molecule has 2 amide bonds. The standard InChI is InChI=1S/C29H33ClFN3O4S/c1-5-21(3)32-29(36)22(4)33(18-23-8-6-7-9-27(23)31)28(35)19-34(25-14-12-24(30)13-15-25)39(37,38)26-16-10-20(2)11-17-26/h6-17,21-22H,5,18-19H2,1-4H3,(H,32,36). The summed E-state index contributed by atoms with van der Waals surface area (Å²) in [5.74, 6) is -1.63. The minimum atomic E-state index is -4.19. The molecular weight excluding hydrogens is 541 g/mol. The lowest BCUT2D eigenvalue weighted by Crippen LogP contribution is -2.52. The highest BCUT2D eigenvalue weighted by molar-refractivity contribution is 7.92. The lowest BCUT2D eigenvalue weighted by molar-refractivity contribution is -0.139. The van der Waals surface area contributed by atoms with Crippen molar-refractivity contribution in [2.45, 2.75) is 57.6 Å². The zero-order chi connectivity index (χ0) is 28.7. The number of rotatable bonds is 11. The topological polar surface area (TPSA) is 86.8 Å². The van der Waals surface area contributed by atoms with Crippen LogP contribution in [0.3, 0.4) is 0 Å². The second-order valence-corrected chi connectivity index (χ2v) is 11.7. The number of amides is 2. The molecule has 0 bridgehead atoms. The number of hydrogen-bond acceptors (Lipinski definition) is 4. The summed E-state index contributed by atoms with van der Waals surface area (Å²) in [6, 6.07) is 17.1. The predicted octanol–water partition coefficient (Wildman–Crippen LogP) is 5.31. The number of halogens is 2. The molecule has 3 rings (SSSR count). The molecule has 0 aromatic heterocycles. The molecule has 208 valence electrons. The Bertz CT molecular complexity index is 1400. The number of hydrogen-bond donors (Lipinski definition) is 1. The van der Waals surface area contributed by atoms with Gasteiger partial charge in [-0.2, -0.15) is 0 Å². The van der Waals surface area contributed by atoms with Crippen molar-refractivity contribution in [3.63, 3.8) is 0 Å². The highest BCUT2D eigenvalue weighted by atomic mass is 35.5. The van der Waals surface area contributed by atoms with E-state index in [-0.39, 0.29) is 28.7 Å². The Morgan fingerprint density at radius 3 is 2.18 bits per heavy atom. The zero-order valence-electron chi connectivity index (χ0n) is 22.4. The summed E-state index contributed by atoms with van der Waals surface area (Å²) in [5, 5.41) is 3.24. The van der Waals surface area contributed by atoms with E-state index in [0.717, 1.165) is 9.87 Å². The van der Waals surface area contributed by atoms with Gasteiger partial charge in [0, 0.05) is 23.2 Å². The van der Waals surface area contributed by atoms with Crippen molar-refractivity contribution >= 4 is 39.1 Å². The van der Waals surface area contributed by atoms with Gasteiger partial charge in [-0.3, -0.25) is 13.9 Å². The van der Waals surface area contributed by atoms with E-state index in [4.69, 9.17) is 11.6 Å². The van der Waals surface area contributed by atoms with Crippen LogP contribution in [0.1, 0.15) is 38.3 Å². The molecule has 0 saturated carbocycles. The smallest absolute Gasteiger partial charge is 0.264 e. The fraction of sp³-hybridized carbons (Fsp3) is 0.310. The fourth-order valence-electron chi connectivity index (χ4n) is 3.83. The molecule has 7 nitrogen and oxygen atoms in total. The summed E-state index contributed by atoms with van der Waals surface area (Å²) in [4.78, 5) is 28.1. The Morgan fingerprint density at radius 1 is 0.974 bits per heavy atom. The first-order chi connectivity index (χ1) is 18.4. The maximum Gasteiger partial charge on any atom is 0.264 e. The van der Waals surface area contributed by atoms with Gasteiger partial charge in [-0.25, -0.2) is 12.8 Å². The van der Waals surface area contributed by atoms with Crippen molar-refractivity contribution in [2.24, 2.45) is 0 Å². The van der Waals surface area contributed by atoms with E-state index < -0.39 is 40.2 Å². The summed E-state index contributed by atoms with van der Waals surface area (Å²) in [5.41, 5.74) is 1.30. The molecule has 2 atom stereocenters. The largest absolute Gasteiger partial charge is 0.352 e. The van der Waals surface area contributed by atoms with E-state index in [9.17, 15) is 22.4 Å². The van der Waals surface area contributed by atoms with Crippen molar-refractivity contribution < 1.29 is 22.4 Å². The first kappa shape index (κ1) is 30.1. The van der Waals surface area contributed by atoms with Gasteiger partial charge in [0.25, 0.3) is 10.0 Å². The van der Waals surface area contributed by atoms with Gasteiger partial charge >= 0.3 is 0 Å². The highest BCUT2D eigenvalue weighted by Crippen LogP contribution is 2.26. The molecular formula is C29H33ClFN3O4S. The number of sulfonamides is 1. The first-order valence-corrected chi connectivity index (χ1v) is 14.4. The highest BCUT2D eigenvalue weighted by Gasteiger charge is 2.33. The molecule has 3 aromatic rings. The van der Waals surface area contributed by atoms with Gasteiger partial charge in [0.05, 0.1) is 10.6 Å². The average Bonchev–Trinajstić information content (AvgIpc) is 2.91. The Kier molecular flexibility index (Phi) is 10.1. The monoisotopic (exact) mass is 573 g/mol. The lowest BCUT2D eigenvalue weighted by Gasteiger charge is -2.32. The van der Waals surface area contributed by atoms with Crippen LogP contribution in [0.5, 0.6) is 0 Å². The van der Waals surface area contributed by atoms with Gasteiger partial charge in [0.1, 0.15) is 18.4 Å². The molecule has 2 unspecified atom stereocenters. The Morgan fingerprint density at radius 2 is 1.59 bits per heavy atom. The summed E-state index contributed by atoms with van der Waals surface area (Å²) in [6.45, 7) is 6.29. The van der Waals surface area contributed by atoms with Crippen LogP contribution in [0.2, 0.25) is 5.02 Å². The third-order valence-electron chi connectivity index (χ3n) is 6.47. The van der Waals surface area contributed by atoms with Crippen LogP contribution in [0.4, 0.5) is 10.1 Å². The molecule has 0 radical (unpaired) electrons. The number of nitrogens with one attached hydrogen (secondary N) is 1. The van der Waals surface area contributed by atoms with Gasteiger partial charge < -0.3 is 10.2 Å². The van der Waals surface area contributed by atoms with Crippen LogP contribution in [0.15, 0.2) is 77.7 Å². The van der Waals surface area contributed by atoms with Crippen molar-refractivity contribution in [3.05, 3.63) is 94.8 Å². The maximum atomic E-state index is 14.6. The van der Waals surface area contributed by atoms with E-state index in [2.05, 4.69) is 5.32 Å². The second-order valence-electron chi connectivity index (χ2n) is 9.41. The van der Waals surface area contributed by atoms with E-state index in [1.165, 1.54) is 66.4 Å². The molecule has 1 N–H and O–H groups in total. The van der Waals surface area contributed by atoms with Crippen LogP contribution in [-0.2, 0) is 26.2 Å². The summed E-state index contributed by atoms with van der Waals surface area (Å²) in [6.07, 6.45) is 0.679. The van der Waals surface area contributed by atoms with Gasteiger partial charge in [-0.15, -0.1) is 0 Å². The van der Waals surface area contributed by atoms with Crippen LogP contribution >= 0.6 is 11.6 Å². The molecule has 0 spiro atoms. The lowest BCUT2D eigenvalue weighted by atomic mass is 10.1. The van der Waals surface area contributed by atoms with Crippen molar-refractivity contribution in [1.29, 1.82) is 0 Å². The Hall–Kier alpha value is -3.43. The summed E-state index contributed by atoms with van der Waals surface area (Å²) < 4.78 is 43.1. The quantitative estimate of drug-likeness (QED) is 0.337. The molecule has 10 heteroatoms. The molecule has 0 aliphatic carbocycles. The fourth-order valence-corrected chi connectivity index (χ4v) is 5.37. The minimum absolute atomic E-state index is 0.000865. The molecule has 39 heavy (non-hydrogen) atoms. The van der Waals surface area contributed by atoms with Crippen molar-refractivity contribution in [3.8, 4) is 0 Å². The molecule has 0 fully saturated rings. The molecule has 0 heterocycles. The Labute approximate surface area is 234 Å². The van der Waals surface area contributed by atoms with Gasteiger partial charge in [-0.1, -0.05) is 54.4 Å². The average molecular weight is 574 g/mol. The number of aryl methyl sites for hydroxylation is 1. The zero-order valence-corrected chi connectivity index (χ0v) is 24.0. The van der Waals surface area contributed by atoms with E-state index >= 15 is 0 Å². The third-order valence-corrected chi connectivity index (χ3v) is 8.51.